The molecule has 0 fully saturated rings. The number of thiophene rings is 1. The van der Waals surface area contributed by atoms with Crippen LogP contribution >= 0.6 is 22.9 Å². The minimum atomic E-state index is 0.0170. The Bertz CT molecular complexity index is 521. The summed E-state index contributed by atoms with van der Waals surface area (Å²) < 4.78 is 6.22. The summed E-state index contributed by atoms with van der Waals surface area (Å²) >= 11 is 7.51. The second-order valence-corrected chi connectivity index (χ2v) is 5.14. The van der Waals surface area contributed by atoms with Crippen molar-refractivity contribution in [3.63, 3.8) is 0 Å². The summed E-state index contributed by atoms with van der Waals surface area (Å²) in [5, 5.41) is 3.34. The smallest absolute Gasteiger partial charge is 0.126 e. The Labute approximate surface area is 110 Å². The van der Waals surface area contributed by atoms with Gasteiger partial charge in [-0.25, -0.2) is 0 Å². The number of halogens is 1. The molecule has 0 bridgehead atoms. The lowest BCUT2D eigenvalue weighted by atomic mass is 10.2. The van der Waals surface area contributed by atoms with Gasteiger partial charge in [0.1, 0.15) is 11.8 Å². The maximum atomic E-state index is 5.96. The summed E-state index contributed by atoms with van der Waals surface area (Å²) in [6, 6.07) is 7.75. The molecule has 2 aromatic heterocycles. The molecule has 17 heavy (non-hydrogen) atoms. The first-order chi connectivity index (χ1) is 8.31. The Morgan fingerprint density at radius 2 is 2.35 bits per heavy atom. The molecule has 88 valence electrons. The van der Waals surface area contributed by atoms with Gasteiger partial charge in [0.05, 0.1) is 17.1 Å². The van der Waals surface area contributed by atoms with Gasteiger partial charge in [0.2, 0.25) is 0 Å². The van der Waals surface area contributed by atoms with E-state index in [2.05, 4.69) is 17.2 Å². The first-order valence-corrected chi connectivity index (χ1v) is 6.42. The van der Waals surface area contributed by atoms with Crippen molar-refractivity contribution in [1.29, 1.82) is 0 Å². The highest BCUT2D eigenvalue weighted by Gasteiger charge is 2.17. The van der Waals surface area contributed by atoms with Crippen molar-refractivity contribution in [3.05, 3.63) is 45.5 Å². The van der Waals surface area contributed by atoms with Gasteiger partial charge in [-0.05, 0) is 31.2 Å². The lowest BCUT2D eigenvalue weighted by molar-refractivity contribution is 0.460. The molecule has 4 heteroatoms. The van der Waals surface area contributed by atoms with Crippen molar-refractivity contribution in [1.82, 2.24) is 5.32 Å². The minimum Gasteiger partial charge on any atom is -0.467 e. The van der Waals surface area contributed by atoms with Crippen LogP contribution in [0.4, 0.5) is 0 Å². The van der Waals surface area contributed by atoms with Crippen molar-refractivity contribution < 1.29 is 4.42 Å². The quantitative estimate of drug-likeness (QED) is 0.853. The Hall–Kier alpha value is -1.21. The maximum Gasteiger partial charge on any atom is 0.126 e. The molecule has 2 aromatic rings. The zero-order valence-corrected chi connectivity index (χ0v) is 10.9. The number of furan rings is 1. The summed E-state index contributed by atoms with van der Waals surface area (Å²) in [4.78, 5) is 1.13. The van der Waals surface area contributed by atoms with Crippen LogP contribution in [0.3, 0.4) is 0 Å². The van der Waals surface area contributed by atoms with E-state index < -0.39 is 0 Å². The van der Waals surface area contributed by atoms with Crippen LogP contribution in [-0.4, -0.2) is 6.54 Å². The standard InChI is InChI=1S/C13H12ClNOS/c1-2-3-8-15-13(10-5-4-9-16-10)11-6-7-12(14)17-11/h4-7,9,13,15H,8H2,1H3. The first kappa shape index (κ1) is 12.3. The van der Waals surface area contributed by atoms with Crippen molar-refractivity contribution in [3.8, 4) is 11.8 Å². The number of rotatable bonds is 4. The molecule has 1 atom stereocenters. The Morgan fingerprint density at radius 1 is 1.47 bits per heavy atom. The molecule has 0 radical (unpaired) electrons. The topological polar surface area (TPSA) is 25.2 Å². The third-order valence-electron chi connectivity index (χ3n) is 2.28. The molecule has 2 rings (SSSR count). The number of hydrogen-bond acceptors (Lipinski definition) is 3. The average molecular weight is 266 g/mol. The molecule has 0 aliphatic heterocycles. The molecular formula is C13H12ClNOS. The van der Waals surface area contributed by atoms with Crippen LogP contribution in [0.1, 0.15) is 23.6 Å². The molecule has 0 amide bonds. The van der Waals surface area contributed by atoms with Crippen LogP contribution in [0.2, 0.25) is 4.34 Å². The summed E-state index contributed by atoms with van der Waals surface area (Å²) in [5.74, 6) is 6.72. The van der Waals surface area contributed by atoms with Crippen LogP contribution in [-0.2, 0) is 0 Å². The fraction of sp³-hybridized carbons (Fsp3) is 0.231. The van der Waals surface area contributed by atoms with Crippen LogP contribution in [0.25, 0.3) is 0 Å². The van der Waals surface area contributed by atoms with Gasteiger partial charge in [-0.2, -0.15) is 0 Å². The lowest BCUT2D eigenvalue weighted by Crippen LogP contribution is -2.21. The van der Waals surface area contributed by atoms with Gasteiger partial charge < -0.3 is 4.42 Å². The van der Waals surface area contributed by atoms with E-state index in [-0.39, 0.29) is 6.04 Å². The highest BCUT2D eigenvalue weighted by molar-refractivity contribution is 7.16. The van der Waals surface area contributed by atoms with Crippen molar-refractivity contribution in [2.75, 3.05) is 6.54 Å². The molecular weight excluding hydrogens is 254 g/mol. The van der Waals surface area contributed by atoms with Crippen molar-refractivity contribution in [2.45, 2.75) is 13.0 Å². The highest BCUT2D eigenvalue weighted by Crippen LogP contribution is 2.31. The lowest BCUT2D eigenvalue weighted by Gasteiger charge is -2.12. The molecule has 0 aromatic carbocycles. The van der Waals surface area contributed by atoms with Crippen LogP contribution in [0, 0.1) is 11.8 Å². The van der Waals surface area contributed by atoms with Gasteiger partial charge in [0, 0.05) is 4.88 Å². The Balaban J connectivity index is 2.20. The zero-order chi connectivity index (χ0) is 12.1. The Kier molecular flexibility index (Phi) is 4.27. The monoisotopic (exact) mass is 265 g/mol. The SMILES string of the molecule is CC#CCNC(c1ccco1)c1ccc(Cl)s1. The van der Waals surface area contributed by atoms with E-state index in [0.29, 0.717) is 6.54 Å². The second-order valence-electron chi connectivity index (χ2n) is 3.40. The summed E-state index contributed by atoms with van der Waals surface area (Å²) in [6.07, 6.45) is 1.67. The van der Waals surface area contributed by atoms with E-state index in [1.807, 2.05) is 31.2 Å². The fourth-order valence-electron chi connectivity index (χ4n) is 1.52. The molecule has 2 nitrogen and oxygen atoms in total. The molecule has 1 N–H and O–H groups in total. The van der Waals surface area contributed by atoms with Crippen molar-refractivity contribution >= 4 is 22.9 Å². The van der Waals surface area contributed by atoms with Gasteiger partial charge >= 0.3 is 0 Å². The van der Waals surface area contributed by atoms with Gasteiger partial charge in [0.15, 0.2) is 0 Å². The second kappa shape index (κ2) is 5.92. The molecule has 0 saturated carbocycles. The molecule has 0 aliphatic carbocycles. The molecule has 0 saturated heterocycles. The highest BCUT2D eigenvalue weighted by atomic mass is 35.5. The fourth-order valence-corrected chi connectivity index (χ4v) is 2.67. The van der Waals surface area contributed by atoms with Crippen LogP contribution in [0.5, 0.6) is 0 Å². The molecule has 1 unspecified atom stereocenters. The van der Waals surface area contributed by atoms with E-state index in [0.717, 1.165) is 15.0 Å². The van der Waals surface area contributed by atoms with Gasteiger partial charge in [0.25, 0.3) is 0 Å². The summed E-state index contributed by atoms with van der Waals surface area (Å²) in [6.45, 7) is 2.45. The predicted octanol–water partition coefficient (Wildman–Crippen LogP) is 3.70. The predicted molar refractivity (Wildman–Crippen MR) is 71.3 cm³/mol. The first-order valence-electron chi connectivity index (χ1n) is 5.23. The molecule has 0 spiro atoms. The third-order valence-corrected chi connectivity index (χ3v) is 3.57. The molecule has 2 heterocycles. The van der Waals surface area contributed by atoms with Gasteiger partial charge in [-0.3, -0.25) is 5.32 Å². The van der Waals surface area contributed by atoms with E-state index >= 15 is 0 Å². The van der Waals surface area contributed by atoms with Crippen molar-refractivity contribution in [2.24, 2.45) is 0 Å². The van der Waals surface area contributed by atoms with E-state index in [4.69, 9.17) is 16.0 Å². The Morgan fingerprint density at radius 3 is 2.94 bits per heavy atom. The van der Waals surface area contributed by atoms with Crippen LogP contribution in [0.15, 0.2) is 34.9 Å². The number of hydrogen-bond donors (Lipinski definition) is 1. The average Bonchev–Trinajstić information content (AvgIpc) is 2.96. The van der Waals surface area contributed by atoms with E-state index in [1.54, 1.807) is 17.6 Å². The van der Waals surface area contributed by atoms with Gasteiger partial charge in [-0.1, -0.05) is 17.5 Å². The summed E-state index contributed by atoms with van der Waals surface area (Å²) in [5.41, 5.74) is 0. The number of nitrogens with one attached hydrogen (secondary N) is 1. The zero-order valence-electron chi connectivity index (χ0n) is 9.37. The van der Waals surface area contributed by atoms with Crippen LogP contribution < -0.4 is 5.32 Å². The van der Waals surface area contributed by atoms with Gasteiger partial charge in [-0.15, -0.1) is 17.3 Å². The van der Waals surface area contributed by atoms with E-state index in [1.165, 1.54) is 0 Å². The molecule has 0 aliphatic rings. The maximum absolute atomic E-state index is 5.96. The normalized spacial score (nSPS) is 11.9. The summed E-state index contributed by atoms with van der Waals surface area (Å²) in [7, 11) is 0. The third kappa shape index (κ3) is 3.13. The minimum absolute atomic E-state index is 0.0170. The van der Waals surface area contributed by atoms with E-state index in [9.17, 15) is 0 Å². The largest absolute Gasteiger partial charge is 0.467 e.